The van der Waals surface area contributed by atoms with E-state index < -0.39 is 0 Å². The van der Waals surface area contributed by atoms with Gasteiger partial charge >= 0.3 is 0 Å². The summed E-state index contributed by atoms with van der Waals surface area (Å²) in [6, 6.07) is 5.70. The molecule has 3 atom stereocenters. The fourth-order valence-electron chi connectivity index (χ4n) is 3.75. The van der Waals surface area contributed by atoms with E-state index in [-0.39, 0.29) is 0 Å². The number of hydrogen-bond donors (Lipinski definition) is 2. The van der Waals surface area contributed by atoms with Crippen LogP contribution in [0.4, 0.5) is 0 Å². The summed E-state index contributed by atoms with van der Waals surface area (Å²) in [4.78, 5) is 4.18. The van der Waals surface area contributed by atoms with Crippen LogP contribution in [0.25, 0.3) is 0 Å². The molecule has 0 spiro atoms. The first-order valence-corrected chi connectivity index (χ1v) is 7.79. The van der Waals surface area contributed by atoms with Gasteiger partial charge in [0.15, 0.2) is 0 Å². The SMILES string of the molecule is c1cncc(CCNC2CCCC2C2CCCN2)c1. The molecular formula is C16H25N3. The van der Waals surface area contributed by atoms with Crippen molar-refractivity contribution < 1.29 is 0 Å². The third-order valence-corrected chi connectivity index (χ3v) is 4.73. The summed E-state index contributed by atoms with van der Waals surface area (Å²) >= 11 is 0. The summed E-state index contributed by atoms with van der Waals surface area (Å²) in [5.74, 6) is 0.858. The topological polar surface area (TPSA) is 37.0 Å². The van der Waals surface area contributed by atoms with Crippen molar-refractivity contribution in [2.75, 3.05) is 13.1 Å². The Labute approximate surface area is 116 Å². The lowest BCUT2D eigenvalue weighted by molar-refractivity contribution is 0.322. The Morgan fingerprint density at radius 2 is 2.26 bits per heavy atom. The zero-order valence-electron chi connectivity index (χ0n) is 11.6. The van der Waals surface area contributed by atoms with Crippen molar-refractivity contribution in [1.82, 2.24) is 15.6 Å². The lowest BCUT2D eigenvalue weighted by atomic mass is 9.93. The Balaban J connectivity index is 1.46. The summed E-state index contributed by atoms with van der Waals surface area (Å²) in [5.41, 5.74) is 1.34. The first kappa shape index (κ1) is 13.1. The van der Waals surface area contributed by atoms with E-state index in [1.807, 2.05) is 18.5 Å². The number of pyridine rings is 1. The Morgan fingerprint density at radius 3 is 3.05 bits per heavy atom. The molecule has 2 N–H and O–H groups in total. The van der Waals surface area contributed by atoms with Gasteiger partial charge in [0.25, 0.3) is 0 Å². The second-order valence-electron chi connectivity index (χ2n) is 5.97. The van der Waals surface area contributed by atoms with Crippen molar-refractivity contribution in [2.24, 2.45) is 5.92 Å². The first-order chi connectivity index (χ1) is 9.43. The maximum absolute atomic E-state index is 4.18. The van der Waals surface area contributed by atoms with Crippen LogP contribution in [-0.2, 0) is 6.42 Å². The van der Waals surface area contributed by atoms with Crippen molar-refractivity contribution in [1.29, 1.82) is 0 Å². The maximum Gasteiger partial charge on any atom is 0.0300 e. The van der Waals surface area contributed by atoms with Crippen LogP contribution in [0.15, 0.2) is 24.5 Å². The minimum absolute atomic E-state index is 0.729. The van der Waals surface area contributed by atoms with Crippen molar-refractivity contribution in [2.45, 2.75) is 50.6 Å². The molecule has 1 aliphatic heterocycles. The van der Waals surface area contributed by atoms with E-state index in [9.17, 15) is 0 Å². The summed E-state index contributed by atoms with van der Waals surface area (Å²) < 4.78 is 0. The van der Waals surface area contributed by atoms with Gasteiger partial charge in [-0.2, -0.15) is 0 Å². The monoisotopic (exact) mass is 259 g/mol. The highest BCUT2D eigenvalue weighted by atomic mass is 15.0. The van der Waals surface area contributed by atoms with Crippen LogP contribution in [0.1, 0.15) is 37.7 Å². The second-order valence-corrected chi connectivity index (χ2v) is 5.97. The second kappa shape index (κ2) is 6.49. The molecule has 2 aliphatic rings. The normalized spacial score (nSPS) is 30.8. The molecule has 0 amide bonds. The quantitative estimate of drug-likeness (QED) is 0.850. The molecule has 3 heteroatoms. The van der Waals surface area contributed by atoms with Gasteiger partial charge in [-0.25, -0.2) is 0 Å². The largest absolute Gasteiger partial charge is 0.314 e. The molecule has 1 aromatic rings. The highest BCUT2D eigenvalue weighted by molar-refractivity contribution is 5.08. The molecular weight excluding hydrogens is 234 g/mol. The van der Waals surface area contributed by atoms with Gasteiger partial charge in [0.05, 0.1) is 0 Å². The first-order valence-electron chi connectivity index (χ1n) is 7.79. The molecule has 0 bridgehead atoms. The van der Waals surface area contributed by atoms with Gasteiger partial charge < -0.3 is 10.6 Å². The minimum Gasteiger partial charge on any atom is -0.314 e. The lowest BCUT2D eigenvalue weighted by Gasteiger charge is -2.26. The molecule has 3 nitrogen and oxygen atoms in total. The smallest absolute Gasteiger partial charge is 0.0300 e. The molecule has 1 saturated heterocycles. The highest BCUT2D eigenvalue weighted by Crippen LogP contribution is 2.31. The van der Waals surface area contributed by atoms with Crippen molar-refractivity contribution in [3.05, 3.63) is 30.1 Å². The lowest BCUT2D eigenvalue weighted by Crippen LogP contribution is -2.42. The fraction of sp³-hybridized carbons (Fsp3) is 0.688. The third kappa shape index (κ3) is 3.34. The van der Waals surface area contributed by atoms with E-state index in [4.69, 9.17) is 0 Å². The Bertz CT molecular complexity index is 373. The molecule has 3 unspecified atom stereocenters. The summed E-state index contributed by atoms with van der Waals surface area (Å²) in [5, 5.41) is 7.48. The van der Waals surface area contributed by atoms with E-state index in [1.165, 1.54) is 44.2 Å². The van der Waals surface area contributed by atoms with E-state index in [0.29, 0.717) is 0 Å². The minimum atomic E-state index is 0.729. The number of hydrogen-bond acceptors (Lipinski definition) is 3. The van der Waals surface area contributed by atoms with Crippen LogP contribution in [-0.4, -0.2) is 30.2 Å². The Hall–Kier alpha value is -0.930. The van der Waals surface area contributed by atoms with E-state index in [2.05, 4.69) is 21.7 Å². The average molecular weight is 259 g/mol. The molecule has 19 heavy (non-hydrogen) atoms. The molecule has 104 valence electrons. The number of nitrogens with zero attached hydrogens (tertiary/aromatic N) is 1. The molecule has 1 aliphatic carbocycles. The van der Waals surface area contributed by atoms with E-state index >= 15 is 0 Å². The van der Waals surface area contributed by atoms with Gasteiger partial charge in [-0.05, 0) is 62.7 Å². The van der Waals surface area contributed by atoms with Crippen LogP contribution in [0, 0.1) is 5.92 Å². The van der Waals surface area contributed by atoms with Gasteiger partial charge in [0, 0.05) is 24.5 Å². The van der Waals surface area contributed by atoms with Crippen LogP contribution >= 0.6 is 0 Å². The Kier molecular flexibility index (Phi) is 4.46. The maximum atomic E-state index is 4.18. The van der Waals surface area contributed by atoms with Crippen LogP contribution in [0.5, 0.6) is 0 Å². The zero-order chi connectivity index (χ0) is 12.9. The molecule has 1 aromatic heterocycles. The van der Waals surface area contributed by atoms with Crippen molar-refractivity contribution in [3.8, 4) is 0 Å². The highest BCUT2D eigenvalue weighted by Gasteiger charge is 2.34. The third-order valence-electron chi connectivity index (χ3n) is 4.73. The standard InChI is InChI=1S/C16H25N3/c1-5-14(16-7-3-10-18-16)15(6-1)19-11-8-13-4-2-9-17-12-13/h2,4,9,12,14-16,18-19H,1,3,5-8,10-11H2. The van der Waals surface area contributed by atoms with Gasteiger partial charge in [0.2, 0.25) is 0 Å². The number of rotatable bonds is 5. The molecule has 2 fully saturated rings. The van der Waals surface area contributed by atoms with Crippen LogP contribution in [0.2, 0.25) is 0 Å². The summed E-state index contributed by atoms with van der Waals surface area (Å²) in [6.45, 7) is 2.31. The Morgan fingerprint density at radius 1 is 1.26 bits per heavy atom. The van der Waals surface area contributed by atoms with E-state index in [0.717, 1.165) is 31.0 Å². The van der Waals surface area contributed by atoms with Gasteiger partial charge in [-0.15, -0.1) is 0 Å². The van der Waals surface area contributed by atoms with Gasteiger partial charge in [0.1, 0.15) is 0 Å². The molecule has 2 heterocycles. The van der Waals surface area contributed by atoms with E-state index in [1.54, 1.807) is 0 Å². The molecule has 3 rings (SSSR count). The molecule has 0 aromatic carbocycles. The van der Waals surface area contributed by atoms with Gasteiger partial charge in [-0.3, -0.25) is 4.98 Å². The van der Waals surface area contributed by atoms with Crippen molar-refractivity contribution >= 4 is 0 Å². The summed E-state index contributed by atoms with van der Waals surface area (Å²) in [7, 11) is 0. The van der Waals surface area contributed by atoms with Gasteiger partial charge in [-0.1, -0.05) is 12.5 Å². The molecule has 0 radical (unpaired) electrons. The summed E-state index contributed by atoms with van der Waals surface area (Å²) in [6.07, 6.45) is 11.8. The van der Waals surface area contributed by atoms with Crippen LogP contribution in [0.3, 0.4) is 0 Å². The predicted molar refractivity (Wildman–Crippen MR) is 78.1 cm³/mol. The number of nitrogens with one attached hydrogen (secondary N) is 2. The fourth-order valence-corrected chi connectivity index (χ4v) is 3.75. The number of aromatic nitrogens is 1. The molecule has 1 saturated carbocycles. The van der Waals surface area contributed by atoms with Crippen molar-refractivity contribution in [3.63, 3.8) is 0 Å². The zero-order valence-corrected chi connectivity index (χ0v) is 11.6. The average Bonchev–Trinajstić information content (AvgIpc) is 3.10. The predicted octanol–water partition coefficient (Wildman–Crippen LogP) is 2.13. The van der Waals surface area contributed by atoms with Crippen LogP contribution < -0.4 is 10.6 Å².